The molecule has 2 heterocycles. The van der Waals surface area contributed by atoms with Crippen LogP contribution in [0.5, 0.6) is 17.2 Å². The number of benzene rings is 1. The van der Waals surface area contributed by atoms with E-state index in [1.807, 2.05) is 0 Å². The van der Waals surface area contributed by atoms with Gasteiger partial charge in [-0.3, -0.25) is 14.5 Å². The number of ether oxygens (including phenoxy) is 3. The number of likely N-dealkylation sites (tertiary alicyclic amines) is 1. The van der Waals surface area contributed by atoms with Crippen molar-refractivity contribution in [2.24, 2.45) is 11.8 Å². The monoisotopic (exact) mass is 347 g/mol. The number of amides is 2. The topological polar surface area (TPSA) is 85.3 Å². The van der Waals surface area contributed by atoms with Gasteiger partial charge < -0.3 is 19.3 Å². The van der Waals surface area contributed by atoms with E-state index in [9.17, 15) is 14.7 Å². The minimum absolute atomic E-state index is 0.00790. The van der Waals surface area contributed by atoms with E-state index in [1.54, 1.807) is 18.2 Å². The molecule has 0 aromatic heterocycles. The second-order valence-corrected chi connectivity index (χ2v) is 6.76. The summed E-state index contributed by atoms with van der Waals surface area (Å²) < 4.78 is 16.1. The third kappa shape index (κ3) is 3.04. The summed E-state index contributed by atoms with van der Waals surface area (Å²) in [5.74, 6) is 1.13. The summed E-state index contributed by atoms with van der Waals surface area (Å²) in [5, 5.41) is 10.2. The molecule has 1 aromatic rings. The maximum Gasteiger partial charge on any atom is 0.233 e. The third-order valence-electron chi connectivity index (χ3n) is 5.11. The molecule has 134 valence electrons. The Kier molecular flexibility index (Phi) is 4.25. The Morgan fingerprint density at radius 3 is 2.52 bits per heavy atom. The van der Waals surface area contributed by atoms with Crippen molar-refractivity contribution in [2.75, 3.05) is 19.9 Å². The van der Waals surface area contributed by atoms with Crippen LogP contribution in [0.3, 0.4) is 0 Å². The number of hydrogen-bond donors (Lipinski definition) is 1. The van der Waals surface area contributed by atoms with Crippen LogP contribution in [0.2, 0.25) is 0 Å². The van der Waals surface area contributed by atoms with E-state index in [2.05, 4.69) is 0 Å². The van der Waals surface area contributed by atoms with Gasteiger partial charge in [-0.2, -0.15) is 0 Å². The first-order valence-corrected chi connectivity index (χ1v) is 8.69. The Labute approximate surface area is 145 Å². The summed E-state index contributed by atoms with van der Waals surface area (Å²) in [7, 11) is 0. The molecule has 2 aliphatic heterocycles. The fourth-order valence-corrected chi connectivity index (χ4v) is 3.83. The number of carbonyl (C=O) groups is 2. The van der Waals surface area contributed by atoms with Crippen molar-refractivity contribution in [3.05, 3.63) is 18.2 Å². The average molecular weight is 347 g/mol. The maximum absolute atomic E-state index is 12.4. The summed E-state index contributed by atoms with van der Waals surface area (Å²) in [6.07, 6.45) is 2.59. The average Bonchev–Trinajstić information content (AvgIpc) is 3.19. The molecule has 7 heteroatoms. The van der Waals surface area contributed by atoms with Crippen molar-refractivity contribution >= 4 is 11.8 Å². The standard InChI is InChI=1S/C18H21NO6/c20-11(9-23-12-5-6-15-16(7-12)25-10-24-15)8-19-17(21)13-3-1-2-4-14(13)18(19)22/h5-7,11,13-14,20H,1-4,8-10H2/t11-,13-,14+/m0/s1. The van der Waals surface area contributed by atoms with Gasteiger partial charge in [0.15, 0.2) is 11.5 Å². The second kappa shape index (κ2) is 6.55. The molecule has 4 rings (SSSR count). The number of fused-ring (bicyclic) bond motifs is 2. The van der Waals surface area contributed by atoms with Gasteiger partial charge in [0.1, 0.15) is 18.5 Å². The van der Waals surface area contributed by atoms with Crippen LogP contribution in [0.4, 0.5) is 0 Å². The number of rotatable bonds is 5. The number of hydrogen-bond acceptors (Lipinski definition) is 6. The summed E-state index contributed by atoms with van der Waals surface area (Å²) in [6.45, 7) is 0.157. The van der Waals surface area contributed by atoms with Crippen LogP contribution in [0, 0.1) is 11.8 Å². The van der Waals surface area contributed by atoms with Crippen LogP contribution in [-0.4, -0.2) is 47.9 Å². The molecule has 0 spiro atoms. The molecule has 2 amide bonds. The van der Waals surface area contributed by atoms with Crippen LogP contribution in [-0.2, 0) is 9.59 Å². The van der Waals surface area contributed by atoms with Crippen molar-refractivity contribution in [1.29, 1.82) is 0 Å². The third-order valence-corrected chi connectivity index (χ3v) is 5.11. The van der Waals surface area contributed by atoms with Gasteiger partial charge in [-0.05, 0) is 25.0 Å². The predicted molar refractivity (Wildman–Crippen MR) is 86.2 cm³/mol. The molecule has 1 N–H and O–H groups in total. The molecule has 2 fully saturated rings. The fraction of sp³-hybridized carbons (Fsp3) is 0.556. The minimum Gasteiger partial charge on any atom is -0.491 e. The van der Waals surface area contributed by atoms with E-state index in [0.717, 1.165) is 25.7 Å². The molecule has 25 heavy (non-hydrogen) atoms. The van der Waals surface area contributed by atoms with Gasteiger partial charge in [-0.1, -0.05) is 12.8 Å². The molecule has 1 saturated heterocycles. The number of nitrogens with zero attached hydrogens (tertiary/aromatic N) is 1. The number of β-amino-alcohol motifs (C(OH)–C–C–N with tert-alkyl or cyclic N) is 1. The Bertz CT molecular complexity index is 666. The molecular formula is C18H21NO6. The van der Waals surface area contributed by atoms with Gasteiger partial charge in [0.25, 0.3) is 0 Å². The van der Waals surface area contributed by atoms with Crippen LogP contribution in [0.1, 0.15) is 25.7 Å². The lowest BCUT2D eigenvalue weighted by molar-refractivity contribution is -0.141. The lowest BCUT2D eigenvalue weighted by atomic mass is 9.81. The molecular weight excluding hydrogens is 326 g/mol. The highest BCUT2D eigenvalue weighted by atomic mass is 16.7. The zero-order valence-corrected chi connectivity index (χ0v) is 13.8. The first kappa shape index (κ1) is 16.2. The van der Waals surface area contributed by atoms with Gasteiger partial charge in [0.2, 0.25) is 18.6 Å². The van der Waals surface area contributed by atoms with Crippen LogP contribution in [0.15, 0.2) is 18.2 Å². The molecule has 0 bridgehead atoms. The molecule has 1 aromatic carbocycles. The molecule has 3 aliphatic rings. The van der Waals surface area contributed by atoms with Crippen LogP contribution < -0.4 is 14.2 Å². The molecule has 7 nitrogen and oxygen atoms in total. The quantitative estimate of drug-likeness (QED) is 0.809. The Hall–Kier alpha value is -2.28. The highest BCUT2D eigenvalue weighted by Crippen LogP contribution is 2.38. The number of carbonyl (C=O) groups excluding carboxylic acids is 2. The molecule has 0 unspecified atom stereocenters. The normalized spacial score (nSPS) is 25.9. The van der Waals surface area contributed by atoms with Gasteiger partial charge in [-0.15, -0.1) is 0 Å². The molecule has 1 aliphatic carbocycles. The smallest absolute Gasteiger partial charge is 0.233 e. The number of imide groups is 1. The SMILES string of the molecule is O=C1[C@H]2CCCC[C@H]2C(=O)N1C[C@H](O)COc1ccc2c(c1)OCO2. The van der Waals surface area contributed by atoms with E-state index in [1.165, 1.54) is 4.90 Å². The van der Waals surface area contributed by atoms with Crippen molar-refractivity contribution in [3.63, 3.8) is 0 Å². The number of aliphatic hydroxyl groups is 1. The highest BCUT2D eigenvalue weighted by Gasteiger charge is 2.48. The minimum atomic E-state index is -0.932. The Morgan fingerprint density at radius 1 is 1.12 bits per heavy atom. The summed E-state index contributed by atoms with van der Waals surface area (Å²) in [5.41, 5.74) is 0. The molecule has 1 saturated carbocycles. The van der Waals surface area contributed by atoms with Crippen molar-refractivity contribution in [1.82, 2.24) is 4.90 Å². The van der Waals surface area contributed by atoms with E-state index in [4.69, 9.17) is 14.2 Å². The highest BCUT2D eigenvalue weighted by molar-refractivity contribution is 6.05. The van der Waals surface area contributed by atoms with E-state index >= 15 is 0 Å². The van der Waals surface area contributed by atoms with Crippen molar-refractivity contribution in [2.45, 2.75) is 31.8 Å². The van der Waals surface area contributed by atoms with Gasteiger partial charge in [0.05, 0.1) is 18.4 Å². The maximum atomic E-state index is 12.4. The predicted octanol–water partition coefficient (Wildman–Crippen LogP) is 1.33. The van der Waals surface area contributed by atoms with Gasteiger partial charge in [0, 0.05) is 6.07 Å². The zero-order valence-electron chi connectivity index (χ0n) is 13.8. The van der Waals surface area contributed by atoms with Gasteiger partial charge in [-0.25, -0.2) is 0 Å². The van der Waals surface area contributed by atoms with Crippen molar-refractivity contribution in [3.8, 4) is 17.2 Å². The van der Waals surface area contributed by atoms with Crippen LogP contribution in [0.25, 0.3) is 0 Å². The Balaban J connectivity index is 1.33. The summed E-state index contributed by atoms with van der Waals surface area (Å²) >= 11 is 0. The molecule has 3 atom stereocenters. The largest absolute Gasteiger partial charge is 0.491 e. The van der Waals surface area contributed by atoms with Crippen LogP contribution >= 0.6 is 0 Å². The van der Waals surface area contributed by atoms with Crippen molar-refractivity contribution < 1.29 is 28.9 Å². The zero-order chi connectivity index (χ0) is 17.4. The Morgan fingerprint density at radius 2 is 1.80 bits per heavy atom. The van der Waals surface area contributed by atoms with E-state index < -0.39 is 6.10 Å². The van der Waals surface area contributed by atoms with E-state index in [-0.39, 0.29) is 43.6 Å². The lowest BCUT2D eigenvalue weighted by Crippen LogP contribution is -2.40. The van der Waals surface area contributed by atoms with E-state index in [0.29, 0.717) is 17.2 Å². The first-order valence-electron chi connectivity index (χ1n) is 8.69. The number of aliphatic hydroxyl groups excluding tert-OH is 1. The molecule has 0 radical (unpaired) electrons. The first-order chi connectivity index (χ1) is 12.1. The van der Waals surface area contributed by atoms with Gasteiger partial charge >= 0.3 is 0 Å². The fourth-order valence-electron chi connectivity index (χ4n) is 3.83. The summed E-state index contributed by atoms with van der Waals surface area (Å²) in [4.78, 5) is 26.0. The second-order valence-electron chi connectivity index (χ2n) is 6.76. The lowest BCUT2D eigenvalue weighted by Gasteiger charge is -2.19. The summed E-state index contributed by atoms with van der Waals surface area (Å²) in [6, 6.07) is 5.15.